The topological polar surface area (TPSA) is 69.0 Å². The summed E-state index contributed by atoms with van der Waals surface area (Å²) in [4.78, 5) is 31.9. The maximum atomic E-state index is 12.7. The van der Waals surface area contributed by atoms with E-state index in [0.717, 1.165) is 19.5 Å². The summed E-state index contributed by atoms with van der Waals surface area (Å²) in [7, 11) is 0. The fraction of sp³-hybridized carbons (Fsp3) is 0.438. The summed E-state index contributed by atoms with van der Waals surface area (Å²) in [5, 5.41) is 0.505. The van der Waals surface area contributed by atoms with Crippen LogP contribution in [-0.2, 0) is 0 Å². The molecule has 0 bridgehead atoms. The van der Waals surface area contributed by atoms with Gasteiger partial charge in [0.15, 0.2) is 4.77 Å². The number of hydrogen-bond acceptors (Lipinski definition) is 3. The van der Waals surface area contributed by atoms with Crippen molar-refractivity contribution in [1.29, 1.82) is 0 Å². The number of amides is 1. The van der Waals surface area contributed by atoms with Crippen molar-refractivity contribution in [2.75, 3.05) is 13.1 Å². The molecule has 0 spiro atoms. The third-order valence-corrected chi connectivity index (χ3v) is 4.35. The summed E-state index contributed by atoms with van der Waals surface area (Å²) in [5.74, 6) is 1.04. The second-order valence-electron chi connectivity index (χ2n) is 6.32. The van der Waals surface area contributed by atoms with Crippen molar-refractivity contribution in [1.82, 2.24) is 14.9 Å². The number of aromatic amines is 2. The van der Waals surface area contributed by atoms with Crippen molar-refractivity contribution in [3.05, 3.63) is 38.9 Å². The highest BCUT2D eigenvalue weighted by atomic mass is 32.1. The molecule has 22 heavy (non-hydrogen) atoms. The first kappa shape index (κ1) is 15.0. The molecule has 3 rings (SSSR count). The average Bonchev–Trinajstić information content (AvgIpc) is 2.44. The predicted molar refractivity (Wildman–Crippen MR) is 88.6 cm³/mol. The molecule has 1 amide bonds. The first-order chi connectivity index (χ1) is 10.4. The lowest BCUT2D eigenvalue weighted by molar-refractivity contribution is 0.0623. The molecule has 0 radical (unpaired) electrons. The van der Waals surface area contributed by atoms with E-state index in [1.54, 1.807) is 18.2 Å². The summed E-state index contributed by atoms with van der Waals surface area (Å²) in [6, 6.07) is 5.09. The number of aromatic nitrogens is 2. The van der Waals surface area contributed by atoms with Gasteiger partial charge >= 0.3 is 0 Å². The minimum atomic E-state index is -0.238. The molecule has 0 saturated carbocycles. The molecule has 1 aliphatic rings. The van der Waals surface area contributed by atoms with Crippen LogP contribution in [0.1, 0.15) is 30.6 Å². The van der Waals surface area contributed by atoms with Crippen molar-refractivity contribution < 1.29 is 4.79 Å². The summed E-state index contributed by atoms with van der Waals surface area (Å²) in [6.07, 6.45) is 1.16. The number of likely N-dealkylation sites (tertiary alicyclic amines) is 1. The number of nitrogens with zero attached hydrogens (tertiary/aromatic N) is 1. The van der Waals surface area contributed by atoms with Crippen molar-refractivity contribution in [2.45, 2.75) is 20.3 Å². The van der Waals surface area contributed by atoms with Gasteiger partial charge in [0.1, 0.15) is 0 Å². The van der Waals surface area contributed by atoms with Crippen LogP contribution < -0.4 is 5.56 Å². The van der Waals surface area contributed by atoms with Gasteiger partial charge in [0.2, 0.25) is 0 Å². The van der Waals surface area contributed by atoms with Gasteiger partial charge in [-0.05, 0) is 48.7 Å². The number of hydrogen-bond donors (Lipinski definition) is 2. The second kappa shape index (κ2) is 5.68. The van der Waals surface area contributed by atoms with Crippen LogP contribution >= 0.6 is 12.2 Å². The lowest BCUT2D eigenvalue weighted by Crippen LogP contribution is -2.42. The summed E-state index contributed by atoms with van der Waals surface area (Å²) < 4.78 is 0.266. The molecule has 6 heteroatoms. The van der Waals surface area contributed by atoms with Crippen LogP contribution in [0.5, 0.6) is 0 Å². The Morgan fingerprint density at radius 3 is 2.59 bits per heavy atom. The molecule has 2 heterocycles. The van der Waals surface area contributed by atoms with E-state index in [4.69, 9.17) is 12.2 Å². The average molecular weight is 317 g/mol. The zero-order valence-electron chi connectivity index (χ0n) is 12.7. The maximum absolute atomic E-state index is 12.7. The molecule has 116 valence electrons. The van der Waals surface area contributed by atoms with Gasteiger partial charge in [0.05, 0.1) is 10.9 Å². The first-order valence-electron chi connectivity index (χ1n) is 7.49. The molecule has 2 aromatic rings. The van der Waals surface area contributed by atoms with E-state index in [2.05, 4.69) is 23.8 Å². The fourth-order valence-electron chi connectivity index (χ4n) is 3.31. The Morgan fingerprint density at radius 1 is 1.23 bits per heavy atom. The Bertz CT molecular complexity index is 829. The number of fused-ring (bicyclic) bond motifs is 1. The van der Waals surface area contributed by atoms with Crippen LogP contribution in [0.4, 0.5) is 0 Å². The molecule has 1 aliphatic heterocycles. The molecule has 1 aromatic carbocycles. The number of benzene rings is 1. The molecular weight excluding hydrogens is 298 g/mol. The van der Waals surface area contributed by atoms with Crippen molar-refractivity contribution >= 4 is 29.0 Å². The Hall–Kier alpha value is -1.95. The Morgan fingerprint density at radius 2 is 1.91 bits per heavy atom. The quantitative estimate of drug-likeness (QED) is 0.795. The molecule has 2 unspecified atom stereocenters. The van der Waals surface area contributed by atoms with Crippen LogP contribution in [0.3, 0.4) is 0 Å². The fourth-order valence-corrected chi connectivity index (χ4v) is 3.52. The lowest BCUT2D eigenvalue weighted by Gasteiger charge is -2.35. The third-order valence-electron chi connectivity index (χ3n) is 4.14. The van der Waals surface area contributed by atoms with Crippen molar-refractivity contribution in [3.63, 3.8) is 0 Å². The maximum Gasteiger partial charge on any atom is 0.259 e. The van der Waals surface area contributed by atoms with E-state index >= 15 is 0 Å². The van der Waals surface area contributed by atoms with Crippen LogP contribution in [-0.4, -0.2) is 33.9 Å². The molecule has 1 aromatic heterocycles. The lowest BCUT2D eigenvalue weighted by atomic mass is 9.91. The largest absolute Gasteiger partial charge is 0.338 e. The van der Waals surface area contributed by atoms with Crippen molar-refractivity contribution in [3.8, 4) is 0 Å². The highest BCUT2D eigenvalue weighted by Gasteiger charge is 2.26. The zero-order valence-corrected chi connectivity index (χ0v) is 13.5. The van der Waals surface area contributed by atoms with Gasteiger partial charge < -0.3 is 9.88 Å². The standard InChI is InChI=1S/C16H19N3O2S/c1-9-5-10(2)8-19(7-9)15(21)11-3-4-12-13(6-11)17-16(22)18-14(12)20/h3-4,6,9-10H,5,7-8H2,1-2H3,(H2,17,18,20,22). The predicted octanol–water partition coefficient (Wildman–Crippen LogP) is 2.70. The molecule has 2 N–H and O–H groups in total. The van der Waals surface area contributed by atoms with Gasteiger partial charge in [-0.1, -0.05) is 13.8 Å². The number of H-pyrrole nitrogens is 2. The van der Waals surface area contributed by atoms with E-state index in [0.29, 0.717) is 28.3 Å². The summed E-state index contributed by atoms with van der Waals surface area (Å²) in [5.41, 5.74) is 0.945. The smallest absolute Gasteiger partial charge is 0.259 e. The number of nitrogens with one attached hydrogen (secondary N) is 2. The van der Waals surface area contributed by atoms with Gasteiger partial charge in [-0.3, -0.25) is 14.6 Å². The van der Waals surface area contributed by atoms with Crippen LogP contribution in [0.25, 0.3) is 10.9 Å². The number of rotatable bonds is 1. The Labute approximate surface area is 133 Å². The minimum Gasteiger partial charge on any atom is -0.338 e. The SMILES string of the molecule is CC1CC(C)CN(C(=O)c2ccc3c(=O)[nH]c(=S)[nH]c3c2)C1. The second-order valence-corrected chi connectivity index (χ2v) is 6.73. The molecule has 5 nitrogen and oxygen atoms in total. The van der Waals surface area contributed by atoms with E-state index in [-0.39, 0.29) is 16.2 Å². The van der Waals surface area contributed by atoms with Gasteiger partial charge in [-0.15, -0.1) is 0 Å². The summed E-state index contributed by atoms with van der Waals surface area (Å²) in [6.45, 7) is 5.92. The molecule has 1 saturated heterocycles. The Balaban J connectivity index is 1.97. The number of carbonyl (C=O) groups is 1. The van der Waals surface area contributed by atoms with Crippen LogP contribution in [0.2, 0.25) is 0 Å². The van der Waals surface area contributed by atoms with Crippen LogP contribution in [0.15, 0.2) is 23.0 Å². The molecule has 2 atom stereocenters. The highest BCUT2D eigenvalue weighted by molar-refractivity contribution is 7.71. The monoisotopic (exact) mass is 317 g/mol. The van der Waals surface area contributed by atoms with Gasteiger partial charge in [-0.25, -0.2) is 0 Å². The Kier molecular flexibility index (Phi) is 3.87. The number of piperidine rings is 1. The summed E-state index contributed by atoms with van der Waals surface area (Å²) >= 11 is 4.99. The van der Waals surface area contributed by atoms with Crippen molar-refractivity contribution in [2.24, 2.45) is 11.8 Å². The van der Waals surface area contributed by atoms with Gasteiger partial charge in [0, 0.05) is 18.7 Å². The highest BCUT2D eigenvalue weighted by Crippen LogP contribution is 2.23. The van der Waals surface area contributed by atoms with E-state index in [1.807, 2.05) is 4.90 Å². The zero-order chi connectivity index (χ0) is 15.9. The first-order valence-corrected chi connectivity index (χ1v) is 7.90. The van der Waals surface area contributed by atoms with Gasteiger partial charge in [0.25, 0.3) is 11.5 Å². The number of carbonyl (C=O) groups excluding carboxylic acids is 1. The molecule has 1 fully saturated rings. The minimum absolute atomic E-state index is 0.0138. The van der Waals surface area contributed by atoms with Gasteiger partial charge in [-0.2, -0.15) is 0 Å². The van der Waals surface area contributed by atoms with Crippen LogP contribution in [0, 0.1) is 16.6 Å². The molecule has 0 aliphatic carbocycles. The normalized spacial score (nSPS) is 22.0. The third kappa shape index (κ3) is 2.83. The van der Waals surface area contributed by atoms with E-state index < -0.39 is 0 Å². The van der Waals surface area contributed by atoms with E-state index in [1.165, 1.54) is 0 Å². The van der Waals surface area contributed by atoms with E-state index in [9.17, 15) is 9.59 Å². The molecular formula is C16H19N3O2S.